The lowest BCUT2D eigenvalue weighted by Gasteiger charge is -2.19. The Morgan fingerprint density at radius 1 is 1.21 bits per heavy atom. The molecule has 0 fully saturated rings. The van der Waals surface area contributed by atoms with Crippen molar-refractivity contribution in [1.29, 1.82) is 0 Å². The minimum atomic E-state index is -0.403. The van der Waals surface area contributed by atoms with E-state index in [4.69, 9.17) is 11.6 Å². The van der Waals surface area contributed by atoms with Gasteiger partial charge >= 0.3 is 0 Å². The summed E-state index contributed by atoms with van der Waals surface area (Å²) < 4.78 is 13.7. The predicted molar refractivity (Wildman–Crippen MR) is 77.1 cm³/mol. The van der Waals surface area contributed by atoms with Crippen molar-refractivity contribution in [2.45, 2.75) is 19.9 Å². The van der Waals surface area contributed by atoms with Gasteiger partial charge in [-0.3, -0.25) is 0 Å². The van der Waals surface area contributed by atoms with Crippen LogP contribution >= 0.6 is 11.6 Å². The number of nitrogens with zero attached hydrogens (tertiary/aromatic N) is 2. The first-order valence-electron chi connectivity index (χ1n) is 6.20. The number of halogens is 2. The number of hydrogen-bond donors (Lipinski definition) is 0. The second-order valence-corrected chi connectivity index (χ2v) is 4.92. The molecular formula is C15H16ClFN2. The van der Waals surface area contributed by atoms with E-state index in [2.05, 4.69) is 36.2 Å². The first-order chi connectivity index (χ1) is 9.10. The van der Waals surface area contributed by atoms with Gasteiger partial charge in [-0.25, -0.2) is 9.37 Å². The van der Waals surface area contributed by atoms with Crippen LogP contribution in [-0.4, -0.2) is 12.0 Å². The summed E-state index contributed by atoms with van der Waals surface area (Å²) in [5, 5.41) is 0.307. The zero-order valence-electron chi connectivity index (χ0n) is 11.0. The molecule has 1 heterocycles. The summed E-state index contributed by atoms with van der Waals surface area (Å²) in [6.07, 6.45) is 2.47. The van der Waals surface area contributed by atoms with Crippen LogP contribution in [0.25, 0.3) is 0 Å². The Balaban J connectivity index is 2.13. The van der Waals surface area contributed by atoms with Crippen molar-refractivity contribution in [3.8, 4) is 0 Å². The number of anilines is 1. The summed E-state index contributed by atoms with van der Waals surface area (Å²) >= 11 is 5.69. The molecule has 0 amide bonds. The highest BCUT2D eigenvalue weighted by Gasteiger charge is 2.10. The summed E-state index contributed by atoms with van der Waals surface area (Å²) in [7, 11) is 1.81. The monoisotopic (exact) mass is 278 g/mol. The number of benzene rings is 1. The third kappa shape index (κ3) is 3.44. The quantitative estimate of drug-likeness (QED) is 0.838. The molecule has 0 atom stereocenters. The summed E-state index contributed by atoms with van der Waals surface area (Å²) in [5.41, 5.74) is 2.41. The largest absolute Gasteiger partial charge is 0.353 e. The number of aromatic nitrogens is 1. The SMILES string of the molecule is CCc1ccc(CN(C)c2ncc(Cl)cc2F)cc1. The van der Waals surface area contributed by atoms with Crippen molar-refractivity contribution in [3.63, 3.8) is 0 Å². The van der Waals surface area contributed by atoms with E-state index >= 15 is 0 Å². The maximum absolute atomic E-state index is 13.7. The Morgan fingerprint density at radius 3 is 2.42 bits per heavy atom. The summed E-state index contributed by atoms with van der Waals surface area (Å²) in [6.45, 7) is 2.73. The molecule has 1 aromatic heterocycles. The van der Waals surface area contributed by atoms with Crippen molar-refractivity contribution >= 4 is 17.4 Å². The van der Waals surface area contributed by atoms with E-state index in [0.717, 1.165) is 12.0 Å². The lowest BCUT2D eigenvalue weighted by atomic mass is 10.1. The van der Waals surface area contributed by atoms with Crippen LogP contribution in [-0.2, 0) is 13.0 Å². The van der Waals surface area contributed by atoms with Crippen molar-refractivity contribution < 1.29 is 4.39 Å². The van der Waals surface area contributed by atoms with Crippen molar-refractivity contribution in [1.82, 2.24) is 4.98 Å². The van der Waals surface area contributed by atoms with Gasteiger partial charge in [0.15, 0.2) is 11.6 Å². The molecular weight excluding hydrogens is 263 g/mol. The first kappa shape index (κ1) is 13.8. The third-order valence-electron chi connectivity index (χ3n) is 3.00. The van der Waals surface area contributed by atoms with E-state index in [9.17, 15) is 4.39 Å². The van der Waals surface area contributed by atoms with Gasteiger partial charge < -0.3 is 4.90 Å². The van der Waals surface area contributed by atoms with Crippen molar-refractivity contribution in [2.75, 3.05) is 11.9 Å². The van der Waals surface area contributed by atoms with E-state index in [1.165, 1.54) is 17.8 Å². The number of aryl methyl sites for hydroxylation is 1. The van der Waals surface area contributed by atoms with Crippen LogP contribution in [0, 0.1) is 5.82 Å². The van der Waals surface area contributed by atoms with E-state index in [1.54, 1.807) is 4.90 Å². The molecule has 19 heavy (non-hydrogen) atoms. The van der Waals surface area contributed by atoms with Gasteiger partial charge in [-0.2, -0.15) is 0 Å². The molecule has 4 heteroatoms. The highest BCUT2D eigenvalue weighted by atomic mass is 35.5. The molecule has 0 spiro atoms. The maximum Gasteiger partial charge on any atom is 0.167 e. The highest BCUT2D eigenvalue weighted by molar-refractivity contribution is 6.30. The Kier molecular flexibility index (Phi) is 4.38. The molecule has 0 aliphatic heterocycles. The van der Waals surface area contributed by atoms with Crippen LogP contribution in [0.1, 0.15) is 18.1 Å². The molecule has 0 aliphatic rings. The van der Waals surface area contributed by atoms with Crippen molar-refractivity contribution in [3.05, 3.63) is 58.5 Å². The molecule has 1 aromatic carbocycles. The maximum atomic E-state index is 13.7. The van der Waals surface area contributed by atoms with Gasteiger partial charge in [0.25, 0.3) is 0 Å². The molecule has 100 valence electrons. The lowest BCUT2D eigenvalue weighted by molar-refractivity contribution is 0.615. The molecule has 0 saturated carbocycles. The number of hydrogen-bond acceptors (Lipinski definition) is 2. The van der Waals surface area contributed by atoms with Crippen LogP contribution in [0.15, 0.2) is 36.5 Å². The van der Waals surface area contributed by atoms with Crippen LogP contribution < -0.4 is 4.90 Å². The number of rotatable bonds is 4. The average Bonchev–Trinajstić information content (AvgIpc) is 2.39. The van der Waals surface area contributed by atoms with Gasteiger partial charge in [0.1, 0.15) is 0 Å². The highest BCUT2D eigenvalue weighted by Crippen LogP contribution is 2.20. The molecule has 0 bridgehead atoms. The van der Waals surface area contributed by atoms with Gasteiger partial charge in [-0.05, 0) is 23.6 Å². The summed E-state index contributed by atoms with van der Waals surface area (Å²) in [5.74, 6) is -0.0934. The van der Waals surface area contributed by atoms with Crippen LogP contribution in [0.2, 0.25) is 5.02 Å². The molecule has 0 N–H and O–H groups in total. The van der Waals surface area contributed by atoms with Crippen LogP contribution in [0.3, 0.4) is 0 Å². The van der Waals surface area contributed by atoms with Crippen LogP contribution in [0.4, 0.5) is 10.2 Å². The lowest BCUT2D eigenvalue weighted by Crippen LogP contribution is -2.19. The topological polar surface area (TPSA) is 16.1 Å². The second kappa shape index (κ2) is 6.02. The minimum absolute atomic E-state index is 0.307. The summed E-state index contributed by atoms with van der Waals surface area (Å²) in [4.78, 5) is 5.80. The van der Waals surface area contributed by atoms with E-state index in [0.29, 0.717) is 17.4 Å². The molecule has 2 rings (SSSR count). The molecule has 0 radical (unpaired) electrons. The van der Waals surface area contributed by atoms with Crippen molar-refractivity contribution in [2.24, 2.45) is 0 Å². The first-order valence-corrected chi connectivity index (χ1v) is 6.58. The Labute approximate surface area is 117 Å². The molecule has 0 saturated heterocycles. The predicted octanol–water partition coefficient (Wildman–Crippen LogP) is 4.07. The van der Waals surface area contributed by atoms with Gasteiger partial charge in [0, 0.05) is 19.8 Å². The van der Waals surface area contributed by atoms with Crippen LogP contribution in [0.5, 0.6) is 0 Å². The number of pyridine rings is 1. The fourth-order valence-corrected chi connectivity index (χ4v) is 2.06. The smallest absolute Gasteiger partial charge is 0.167 e. The summed E-state index contributed by atoms with van der Waals surface area (Å²) in [6, 6.07) is 9.58. The standard InChI is InChI=1S/C15H16ClFN2/c1-3-11-4-6-12(7-5-11)10-19(2)15-14(17)8-13(16)9-18-15/h4-9H,3,10H2,1-2H3. The van der Waals surface area contributed by atoms with Gasteiger partial charge in [-0.15, -0.1) is 0 Å². The third-order valence-corrected chi connectivity index (χ3v) is 3.21. The zero-order chi connectivity index (χ0) is 13.8. The van der Waals surface area contributed by atoms with Gasteiger partial charge in [0.2, 0.25) is 0 Å². The Morgan fingerprint density at radius 2 is 1.84 bits per heavy atom. The average molecular weight is 279 g/mol. The van der Waals surface area contributed by atoms with E-state index in [1.807, 2.05) is 7.05 Å². The van der Waals surface area contributed by atoms with E-state index in [-0.39, 0.29) is 0 Å². The second-order valence-electron chi connectivity index (χ2n) is 4.49. The van der Waals surface area contributed by atoms with E-state index < -0.39 is 5.82 Å². The zero-order valence-corrected chi connectivity index (χ0v) is 11.8. The molecule has 0 unspecified atom stereocenters. The molecule has 0 aliphatic carbocycles. The Hall–Kier alpha value is -1.61. The van der Waals surface area contributed by atoms with Gasteiger partial charge in [0.05, 0.1) is 5.02 Å². The van der Waals surface area contributed by atoms with Gasteiger partial charge in [-0.1, -0.05) is 42.8 Å². The minimum Gasteiger partial charge on any atom is -0.353 e. The molecule has 2 nitrogen and oxygen atoms in total. The Bertz CT molecular complexity index is 555. The fourth-order valence-electron chi connectivity index (χ4n) is 1.92. The fraction of sp³-hybridized carbons (Fsp3) is 0.267. The normalized spacial score (nSPS) is 10.5. The molecule has 2 aromatic rings.